The van der Waals surface area contributed by atoms with Crippen molar-refractivity contribution in [2.75, 3.05) is 32.6 Å². The summed E-state index contributed by atoms with van der Waals surface area (Å²) in [6.45, 7) is 2.44. The van der Waals surface area contributed by atoms with E-state index < -0.39 is 0 Å². The molecule has 0 radical (unpaired) electrons. The number of benzene rings is 2. The van der Waals surface area contributed by atoms with Crippen LogP contribution in [0.4, 0.5) is 5.69 Å². The quantitative estimate of drug-likeness (QED) is 0.397. The first-order valence-electron chi connectivity index (χ1n) is 8.19. The van der Waals surface area contributed by atoms with Gasteiger partial charge in [-0.15, -0.1) is 0 Å². The monoisotopic (exact) mass is 326 g/mol. The van der Waals surface area contributed by atoms with Crippen molar-refractivity contribution in [3.05, 3.63) is 60.2 Å². The molecule has 0 aliphatic carbocycles. The number of hydrogen-bond donors (Lipinski definition) is 3. The second-order valence-electron chi connectivity index (χ2n) is 5.31. The van der Waals surface area contributed by atoms with Gasteiger partial charge in [0.15, 0.2) is 5.96 Å². The summed E-state index contributed by atoms with van der Waals surface area (Å²) in [4.78, 5) is 4.25. The maximum absolute atomic E-state index is 5.36. The van der Waals surface area contributed by atoms with Crippen LogP contribution in [0.25, 0.3) is 0 Å². The fourth-order valence-corrected chi connectivity index (χ4v) is 2.33. The topological polar surface area (TPSA) is 57.7 Å². The van der Waals surface area contributed by atoms with E-state index >= 15 is 0 Å². The van der Waals surface area contributed by atoms with Gasteiger partial charge in [0, 0.05) is 37.9 Å². The van der Waals surface area contributed by atoms with E-state index in [-0.39, 0.29) is 0 Å². The van der Waals surface area contributed by atoms with Crippen LogP contribution in [0.1, 0.15) is 12.0 Å². The Morgan fingerprint density at radius 3 is 2.46 bits per heavy atom. The molecule has 0 heterocycles. The van der Waals surface area contributed by atoms with E-state index in [2.05, 4.69) is 33.1 Å². The molecule has 0 amide bonds. The molecule has 2 aromatic carbocycles. The van der Waals surface area contributed by atoms with Gasteiger partial charge in [-0.1, -0.05) is 36.4 Å². The summed E-state index contributed by atoms with van der Waals surface area (Å²) in [5.74, 6) is 1.67. The van der Waals surface area contributed by atoms with E-state index in [9.17, 15) is 0 Å². The number of anilines is 1. The van der Waals surface area contributed by atoms with E-state index in [0.29, 0.717) is 6.54 Å². The molecule has 0 bridgehead atoms. The van der Waals surface area contributed by atoms with Gasteiger partial charge in [0.25, 0.3) is 0 Å². The zero-order valence-corrected chi connectivity index (χ0v) is 14.4. The van der Waals surface area contributed by atoms with Gasteiger partial charge in [-0.25, -0.2) is 0 Å². The van der Waals surface area contributed by atoms with Gasteiger partial charge in [0.2, 0.25) is 0 Å². The molecule has 0 spiro atoms. The molecule has 0 aliphatic rings. The summed E-state index contributed by atoms with van der Waals surface area (Å²) in [5, 5.41) is 10.0. The first-order valence-corrected chi connectivity index (χ1v) is 8.19. The highest BCUT2D eigenvalue weighted by Gasteiger charge is 2.03. The lowest BCUT2D eigenvalue weighted by Gasteiger charge is -2.14. The zero-order chi connectivity index (χ0) is 17.0. The number of hydrogen-bond acceptors (Lipinski definition) is 3. The van der Waals surface area contributed by atoms with Crippen LogP contribution in [0.2, 0.25) is 0 Å². The van der Waals surface area contributed by atoms with Crippen molar-refractivity contribution in [3.63, 3.8) is 0 Å². The third-order valence-electron chi connectivity index (χ3n) is 3.61. The summed E-state index contributed by atoms with van der Waals surface area (Å²) in [6.07, 6.45) is 1.00. The smallest absolute Gasteiger partial charge is 0.191 e. The predicted molar refractivity (Wildman–Crippen MR) is 101 cm³/mol. The highest BCUT2D eigenvalue weighted by molar-refractivity contribution is 5.79. The van der Waals surface area contributed by atoms with E-state index in [1.807, 2.05) is 42.5 Å². The molecule has 0 atom stereocenters. The molecule has 0 fully saturated rings. The van der Waals surface area contributed by atoms with Gasteiger partial charge in [0.1, 0.15) is 5.75 Å². The Kier molecular flexibility index (Phi) is 7.47. The number of rotatable bonds is 8. The molecule has 0 saturated carbocycles. The fourth-order valence-electron chi connectivity index (χ4n) is 2.33. The lowest BCUT2D eigenvalue weighted by molar-refractivity contribution is 0.409. The normalized spacial score (nSPS) is 11.0. The van der Waals surface area contributed by atoms with Crippen molar-refractivity contribution in [1.82, 2.24) is 10.6 Å². The Balaban J connectivity index is 1.67. The molecule has 0 saturated heterocycles. The number of methoxy groups -OCH3 is 1. The van der Waals surface area contributed by atoms with Crippen molar-refractivity contribution in [3.8, 4) is 5.75 Å². The molecule has 5 heteroatoms. The first-order chi connectivity index (χ1) is 11.8. The summed E-state index contributed by atoms with van der Waals surface area (Å²) in [5.41, 5.74) is 2.25. The summed E-state index contributed by atoms with van der Waals surface area (Å²) >= 11 is 0. The summed E-state index contributed by atoms with van der Waals surface area (Å²) in [6, 6.07) is 18.2. The number of nitrogens with zero attached hydrogens (tertiary/aromatic N) is 1. The van der Waals surface area contributed by atoms with Gasteiger partial charge in [-0.3, -0.25) is 4.99 Å². The minimum Gasteiger partial charge on any atom is -0.496 e. The highest BCUT2D eigenvalue weighted by atomic mass is 16.5. The lowest BCUT2D eigenvalue weighted by atomic mass is 10.2. The van der Waals surface area contributed by atoms with Crippen molar-refractivity contribution in [1.29, 1.82) is 0 Å². The Morgan fingerprint density at radius 2 is 1.71 bits per heavy atom. The zero-order valence-electron chi connectivity index (χ0n) is 14.4. The number of guanidine groups is 1. The molecule has 0 aliphatic heterocycles. The molecular formula is C19H26N4O. The van der Waals surface area contributed by atoms with E-state index in [1.54, 1.807) is 14.2 Å². The number of ether oxygens (including phenoxy) is 1. The third kappa shape index (κ3) is 5.83. The molecule has 2 aromatic rings. The van der Waals surface area contributed by atoms with Crippen LogP contribution < -0.4 is 20.7 Å². The van der Waals surface area contributed by atoms with Crippen LogP contribution in [0, 0.1) is 0 Å². The molecule has 2 rings (SSSR count). The van der Waals surface area contributed by atoms with Gasteiger partial charge in [-0.2, -0.15) is 0 Å². The Hall–Kier alpha value is -2.69. The summed E-state index contributed by atoms with van der Waals surface area (Å²) in [7, 11) is 3.46. The minimum atomic E-state index is 0.673. The van der Waals surface area contributed by atoms with Crippen LogP contribution in [0.15, 0.2) is 59.6 Å². The number of aliphatic imine (C=N–C) groups is 1. The minimum absolute atomic E-state index is 0.673. The SMILES string of the molecule is CN=C(NCCCNc1ccccc1)NCc1ccccc1OC. The Bertz CT molecular complexity index is 628. The van der Waals surface area contributed by atoms with Crippen molar-refractivity contribution < 1.29 is 4.74 Å². The van der Waals surface area contributed by atoms with E-state index in [1.165, 1.54) is 0 Å². The maximum Gasteiger partial charge on any atom is 0.191 e. The third-order valence-corrected chi connectivity index (χ3v) is 3.61. The lowest BCUT2D eigenvalue weighted by Crippen LogP contribution is -2.37. The fraction of sp³-hybridized carbons (Fsp3) is 0.316. The van der Waals surface area contributed by atoms with Crippen molar-refractivity contribution in [2.45, 2.75) is 13.0 Å². The summed E-state index contributed by atoms with van der Waals surface area (Å²) < 4.78 is 5.36. The second kappa shape index (κ2) is 10.2. The number of nitrogens with one attached hydrogen (secondary N) is 3. The van der Waals surface area contributed by atoms with E-state index in [4.69, 9.17) is 4.74 Å². The Labute approximate surface area is 144 Å². The van der Waals surface area contributed by atoms with Gasteiger partial charge < -0.3 is 20.7 Å². The van der Waals surface area contributed by atoms with Crippen molar-refractivity contribution in [2.24, 2.45) is 4.99 Å². The van der Waals surface area contributed by atoms with Crippen LogP contribution in [0.3, 0.4) is 0 Å². The molecule has 0 aromatic heterocycles. The predicted octanol–water partition coefficient (Wildman–Crippen LogP) is 2.86. The van der Waals surface area contributed by atoms with Crippen LogP contribution in [-0.2, 0) is 6.54 Å². The van der Waals surface area contributed by atoms with Gasteiger partial charge in [-0.05, 0) is 24.6 Å². The Morgan fingerprint density at radius 1 is 0.958 bits per heavy atom. The highest BCUT2D eigenvalue weighted by Crippen LogP contribution is 2.16. The molecular weight excluding hydrogens is 300 g/mol. The molecule has 5 nitrogen and oxygen atoms in total. The van der Waals surface area contributed by atoms with Crippen LogP contribution in [0.5, 0.6) is 5.75 Å². The average molecular weight is 326 g/mol. The van der Waals surface area contributed by atoms with E-state index in [0.717, 1.165) is 42.5 Å². The van der Waals surface area contributed by atoms with Crippen molar-refractivity contribution >= 4 is 11.6 Å². The molecule has 128 valence electrons. The second-order valence-corrected chi connectivity index (χ2v) is 5.31. The molecule has 3 N–H and O–H groups in total. The average Bonchev–Trinajstić information content (AvgIpc) is 2.65. The maximum atomic E-state index is 5.36. The molecule has 0 unspecified atom stereocenters. The first kappa shape index (κ1) is 17.7. The standard InChI is InChI=1S/C19H26N4O/c1-20-19(23-15-16-9-6-7-12-18(16)24-2)22-14-8-13-21-17-10-4-3-5-11-17/h3-7,9-12,21H,8,13-15H2,1-2H3,(H2,20,22,23). The molecule has 24 heavy (non-hydrogen) atoms. The van der Waals surface area contributed by atoms with Crippen LogP contribution in [-0.4, -0.2) is 33.2 Å². The van der Waals surface area contributed by atoms with Gasteiger partial charge >= 0.3 is 0 Å². The van der Waals surface area contributed by atoms with Gasteiger partial charge in [0.05, 0.1) is 7.11 Å². The largest absolute Gasteiger partial charge is 0.496 e. The number of para-hydroxylation sites is 2. The van der Waals surface area contributed by atoms with Crippen LogP contribution >= 0.6 is 0 Å².